The maximum absolute atomic E-state index is 4.56. The zero-order chi connectivity index (χ0) is 14.5. The fourth-order valence-corrected chi connectivity index (χ4v) is 3.49. The second-order valence-electron chi connectivity index (χ2n) is 5.31. The van der Waals surface area contributed by atoms with Crippen molar-refractivity contribution in [1.29, 1.82) is 0 Å². The van der Waals surface area contributed by atoms with Crippen molar-refractivity contribution < 1.29 is 0 Å². The highest BCUT2D eigenvalue weighted by Crippen LogP contribution is 2.25. The van der Waals surface area contributed by atoms with Gasteiger partial charge < -0.3 is 5.32 Å². The van der Waals surface area contributed by atoms with E-state index in [1.807, 2.05) is 0 Å². The summed E-state index contributed by atoms with van der Waals surface area (Å²) < 4.78 is 2.12. The van der Waals surface area contributed by atoms with Crippen molar-refractivity contribution in [2.45, 2.75) is 53.1 Å². The zero-order valence-electron chi connectivity index (χ0n) is 12.9. The number of nitrogens with zero attached hydrogens (tertiary/aromatic N) is 2. The summed E-state index contributed by atoms with van der Waals surface area (Å²) in [6, 6.07) is 2.61. The number of rotatable bonds is 7. The summed E-state index contributed by atoms with van der Waals surface area (Å²) in [6.45, 7) is 10.6. The van der Waals surface area contributed by atoms with Crippen LogP contribution in [0, 0.1) is 13.8 Å². The average molecular weight is 291 g/mol. The van der Waals surface area contributed by atoms with Gasteiger partial charge in [0.25, 0.3) is 0 Å². The van der Waals surface area contributed by atoms with Crippen molar-refractivity contribution in [3.63, 3.8) is 0 Å². The molecule has 0 radical (unpaired) electrons. The average Bonchev–Trinajstić information content (AvgIpc) is 3.00. The SMILES string of the molecule is CCCNC(Cc1cc(C)nn1CC)c1cscc1C. The lowest BCUT2D eigenvalue weighted by Crippen LogP contribution is -2.25. The van der Waals surface area contributed by atoms with Crippen LogP contribution in [-0.2, 0) is 13.0 Å². The van der Waals surface area contributed by atoms with Crippen LogP contribution >= 0.6 is 11.3 Å². The molecule has 110 valence electrons. The molecular weight excluding hydrogens is 266 g/mol. The highest BCUT2D eigenvalue weighted by Gasteiger charge is 2.17. The van der Waals surface area contributed by atoms with Crippen LogP contribution in [0.5, 0.6) is 0 Å². The lowest BCUT2D eigenvalue weighted by atomic mass is 10.0. The molecule has 3 nitrogen and oxygen atoms in total. The van der Waals surface area contributed by atoms with Crippen LogP contribution in [-0.4, -0.2) is 16.3 Å². The second kappa shape index (κ2) is 7.04. The Morgan fingerprint density at radius 1 is 1.30 bits per heavy atom. The lowest BCUT2D eigenvalue weighted by Gasteiger charge is -2.19. The first-order chi connectivity index (χ1) is 9.65. The van der Waals surface area contributed by atoms with Gasteiger partial charge in [0.15, 0.2) is 0 Å². The van der Waals surface area contributed by atoms with Gasteiger partial charge in [-0.15, -0.1) is 0 Å². The first-order valence-electron chi connectivity index (χ1n) is 7.45. The molecule has 0 aliphatic rings. The third kappa shape index (κ3) is 3.49. The molecule has 2 aromatic heterocycles. The maximum Gasteiger partial charge on any atom is 0.0596 e. The molecule has 1 N–H and O–H groups in total. The van der Waals surface area contributed by atoms with E-state index in [2.05, 4.69) is 59.6 Å². The van der Waals surface area contributed by atoms with Crippen LogP contribution in [0.25, 0.3) is 0 Å². The van der Waals surface area contributed by atoms with Gasteiger partial charge in [-0.3, -0.25) is 4.68 Å². The predicted molar refractivity (Wildman–Crippen MR) is 86.4 cm³/mol. The molecule has 0 bridgehead atoms. The van der Waals surface area contributed by atoms with Gasteiger partial charge in [0, 0.05) is 24.7 Å². The molecular formula is C16H25N3S. The van der Waals surface area contributed by atoms with Crippen LogP contribution in [0.4, 0.5) is 0 Å². The minimum atomic E-state index is 0.391. The molecule has 2 heterocycles. The Balaban J connectivity index is 2.21. The predicted octanol–water partition coefficient (Wildman–Crippen LogP) is 3.86. The molecule has 0 saturated heterocycles. The number of aryl methyl sites for hydroxylation is 3. The number of aromatic nitrogens is 2. The van der Waals surface area contributed by atoms with Crippen molar-refractivity contribution in [2.24, 2.45) is 0 Å². The van der Waals surface area contributed by atoms with Gasteiger partial charge in [0.2, 0.25) is 0 Å². The summed E-state index contributed by atoms with van der Waals surface area (Å²) in [5.74, 6) is 0. The summed E-state index contributed by atoms with van der Waals surface area (Å²) in [7, 11) is 0. The summed E-state index contributed by atoms with van der Waals surface area (Å²) in [5, 5.41) is 12.8. The fraction of sp³-hybridized carbons (Fsp3) is 0.562. The van der Waals surface area contributed by atoms with Gasteiger partial charge in [-0.25, -0.2) is 0 Å². The van der Waals surface area contributed by atoms with Crippen LogP contribution in [0.3, 0.4) is 0 Å². The quantitative estimate of drug-likeness (QED) is 0.839. The van der Waals surface area contributed by atoms with Crippen LogP contribution in [0.15, 0.2) is 16.8 Å². The molecule has 0 amide bonds. The Morgan fingerprint density at radius 2 is 2.10 bits per heavy atom. The second-order valence-corrected chi connectivity index (χ2v) is 6.06. The summed E-state index contributed by atoms with van der Waals surface area (Å²) in [6.07, 6.45) is 2.16. The highest BCUT2D eigenvalue weighted by atomic mass is 32.1. The normalized spacial score (nSPS) is 12.8. The fourth-order valence-electron chi connectivity index (χ4n) is 2.58. The van der Waals surface area contributed by atoms with E-state index < -0.39 is 0 Å². The van der Waals surface area contributed by atoms with E-state index in [4.69, 9.17) is 0 Å². The van der Waals surface area contributed by atoms with Crippen molar-refractivity contribution in [3.8, 4) is 0 Å². The van der Waals surface area contributed by atoms with E-state index in [9.17, 15) is 0 Å². The minimum Gasteiger partial charge on any atom is -0.310 e. The van der Waals surface area contributed by atoms with Crippen LogP contribution < -0.4 is 5.32 Å². The van der Waals surface area contributed by atoms with E-state index in [1.165, 1.54) is 16.8 Å². The van der Waals surface area contributed by atoms with Gasteiger partial charge in [0.1, 0.15) is 0 Å². The lowest BCUT2D eigenvalue weighted by molar-refractivity contribution is 0.502. The molecule has 0 aliphatic heterocycles. The summed E-state index contributed by atoms with van der Waals surface area (Å²) in [5.41, 5.74) is 5.26. The van der Waals surface area contributed by atoms with Crippen molar-refractivity contribution in [3.05, 3.63) is 39.3 Å². The third-order valence-electron chi connectivity index (χ3n) is 3.61. The molecule has 2 rings (SSSR count). The Morgan fingerprint density at radius 3 is 2.70 bits per heavy atom. The molecule has 4 heteroatoms. The zero-order valence-corrected chi connectivity index (χ0v) is 13.8. The van der Waals surface area contributed by atoms with Crippen molar-refractivity contribution in [2.75, 3.05) is 6.54 Å². The molecule has 0 saturated carbocycles. The molecule has 0 fully saturated rings. The molecule has 0 spiro atoms. The third-order valence-corrected chi connectivity index (χ3v) is 4.49. The van der Waals surface area contributed by atoms with E-state index in [0.717, 1.165) is 31.6 Å². The van der Waals surface area contributed by atoms with Gasteiger partial charge in [-0.05, 0) is 61.7 Å². The highest BCUT2D eigenvalue weighted by molar-refractivity contribution is 7.08. The van der Waals surface area contributed by atoms with E-state index in [-0.39, 0.29) is 0 Å². The molecule has 1 unspecified atom stereocenters. The van der Waals surface area contributed by atoms with E-state index >= 15 is 0 Å². The molecule has 1 atom stereocenters. The summed E-state index contributed by atoms with van der Waals surface area (Å²) in [4.78, 5) is 0. The van der Waals surface area contributed by atoms with Crippen LogP contribution in [0.2, 0.25) is 0 Å². The number of hydrogen-bond acceptors (Lipinski definition) is 3. The Hall–Kier alpha value is -1.13. The van der Waals surface area contributed by atoms with Crippen molar-refractivity contribution in [1.82, 2.24) is 15.1 Å². The standard InChI is InChI=1S/C16H25N3S/c1-5-7-17-16(15-11-20-10-12(15)3)9-14-8-13(4)18-19(14)6-2/h8,10-11,16-17H,5-7,9H2,1-4H3. The van der Waals surface area contributed by atoms with Gasteiger partial charge in [0.05, 0.1) is 5.69 Å². The Kier molecular flexibility index (Phi) is 5.38. The number of thiophene rings is 1. The van der Waals surface area contributed by atoms with E-state index in [1.54, 1.807) is 11.3 Å². The summed E-state index contributed by atoms with van der Waals surface area (Å²) >= 11 is 1.79. The number of hydrogen-bond donors (Lipinski definition) is 1. The van der Waals surface area contributed by atoms with Gasteiger partial charge in [-0.1, -0.05) is 6.92 Å². The molecule has 2 aromatic rings. The molecule has 0 aromatic carbocycles. The van der Waals surface area contributed by atoms with Crippen LogP contribution in [0.1, 0.15) is 48.8 Å². The largest absolute Gasteiger partial charge is 0.310 e. The number of nitrogens with one attached hydrogen (secondary N) is 1. The Bertz CT molecular complexity index is 542. The first-order valence-corrected chi connectivity index (χ1v) is 8.39. The monoisotopic (exact) mass is 291 g/mol. The smallest absolute Gasteiger partial charge is 0.0596 e. The topological polar surface area (TPSA) is 29.9 Å². The maximum atomic E-state index is 4.56. The molecule has 20 heavy (non-hydrogen) atoms. The molecule has 0 aliphatic carbocycles. The van der Waals surface area contributed by atoms with Gasteiger partial charge in [-0.2, -0.15) is 16.4 Å². The van der Waals surface area contributed by atoms with Crippen molar-refractivity contribution >= 4 is 11.3 Å². The first kappa shape index (κ1) is 15.3. The minimum absolute atomic E-state index is 0.391. The van der Waals surface area contributed by atoms with E-state index in [0.29, 0.717) is 6.04 Å². The van der Waals surface area contributed by atoms with Gasteiger partial charge >= 0.3 is 0 Å². The Labute approximate surface area is 126 Å².